The van der Waals surface area contributed by atoms with Crippen LogP contribution in [0.5, 0.6) is 0 Å². The van der Waals surface area contributed by atoms with Crippen molar-refractivity contribution in [3.63, 3.8) is 0 Å². The molecule has 3 rings (SSSR count). The molecule has 2 heterocycles. The van der Waals surface area contributed by atoms with Gasteiger partial charge in [-0.2, -0.15) is 5.10 Å². The molecule has 1 aliphatic heterocycles. The molecule has 0 saturated heterocycles. The summed E-state index contributed by atoms with van der Waals surface area (Å²) in [5, 5.41) is 13.4. The minimum atomic E-state index is -1.04. The summed E-state index contributed by atoms with van der Waals surface area (Å²) in [6, 6.07) is 7.26. The van der Waals surface area contributed by atoms with Gasteiger partial charge in [-0.25, -0.2) is 9.78 Å². The van der Waals surface area contributed by atoms with Crippen molar-refractivity contribution in [2.24, 2.45) is 5.10 Å². The van der Waals surface area contributed by atoms with E-state index in [1.54, 1.807) is 12.1 Å². The number of Topliss-reactive ketones (excluding diaryl/α,β-unsaturated/α-hetero) is 1. The fourth-order valence-corrected chi connectivity index (χ4v) is 3.12. The zero-order valence-corrected chi connectivity index (χ0v) is 11.5. The van der Waals surface area contributed by atoms with Crippen LogP contribution in [0.1, 0.15) is 20.0 Å². The van der Waals surface area contributed by atoms with Crippen LogP contribution in [0.4, 0.5) is 5.13 Å². The maximum atomic E-state index is 12.0. The summed E-state index contributed by atoms with van der Waals surface area (Å²) in [4.78, 5) is 27.6. The molecular formula is C12H7N3O3S2. The van der Waals surface area contributed by atoms with Gasteiger partial charge in [0.1, 0.15) is 4.88 Å². The standard InChI is InChI=1S/C12H7N3O3S2/c16-9-6-3-1-2-4-7(6)19-10(9)14-15-12-13-5-8(20-12)11(17)18/h1-5H,(H,13,15)(H,17,18)/b14-10-. The number of hydrogen-bond acceptors (Lipinski definition) is 7. The summed E-state index contributed by atoms with van der Waals surface area (Å²) in [7, 11) is 0. The van der Waals surface area contributed by atoms with Crippen LogP contribution in [-0.4, -0.2) is 26.9 Å². The number of nitrogens with one attached hydrogen (secondary N) is 1. The van der Waals surface area contributed by atoms with Crippen LogP contribution >= 0.6 is 23.1 Å². The van der Waals surface area contributed by atoms with E-state index in [-0.39, 0.29) is 10.7 Å². The second-order valence-electron chi connectivity index (χ2n) is 3.79. The number of ketones is 1. The molecule has 2 N–H and O–H groups in total. The number of thiazole rings is 1. The lowest BCUT2D eigenvalue weighted by Crippen LogP contribution is -2.06. The summed E-state index contributed by atoms with van der Waals surface area (Å²) < 4.78 is 0. The number of nitrogens with zero attached hydrogens (tertiary/aromatic N) is 2. The maximum Gasteiger partial charge on any atom is 0.347 e. The van der Waals surface area contributed by atoms with Crippen molar-refractivity contribution < 1.29 is 14.7 Å². The summed E-state index contributed by atoms with van der Waals surface area (Å²) in [5.41, 5.74) is 3.25. The number of hydrazone groups is 1. The number of anilines is 1. The number of benzene rings is 1. The van der Waals surface area contributed by atoms with Crippen molar-refractivity contribution in [2.75, 3.05) is 5.43 Å². The van der Waals surface area contributed by atoms with E-state index in [1.165, 1.54) is 18.0 Å². The molecule has 0 unspecified atom stereocenters. The minimum Gasteiger partial charge on any atom is -0.477 e. The van der Waals surface area contributed by atoms with Crippen LogP contribution < -0.4 is 5.43 Å². The number of carboxylic acid groups (broad SMARTS) is 1. The molecule has 2 aromatic rings. The van der Waals surface area contributed by atoms with E-state index in [1.807, 2.05) is 12.1 Å². The number of rotatable bonds is 3. The molecule has 0 fully saturated rings. The van der Waals surface area contributed by atoms with E-state index in [4.69, 9.17) is 5.11 Å². The molecule has 0 atom stereocenters. The topological polar surface area (TPSA) is 91.7 Å². The number of thioether (sulfide) groups is 1. The SMILES string of the molecule is O=C(O)c1cnc(N/N=C2\Sc3ccccc3C2=O)s1. The fraction of sp³-hybridized carbons (Fsp3) is 0. The number of carbonyl (C=O) groups is 2. The van der Waals surface area contributed by atoms with Gasteiger partial charge in [-0.15, -0.1) is 0 Å². The summed E-state index contributed by atoms with van der Waals surface area (Å²) >= 11 is 2.24. The molecule has 8 heteroatoms. The number of carboxylic acids is 1. The Morgan fingerprint density at radius 2 is 2.15 bits per heavy atom. The number of hydrogen-bond donors (Lipinski definition) is 2. The molecule has 100 valence electrons. The average Bonchev–Trinajstić information content (AvgIpc) is 3.03. The molecule has 6 nitrogen and oxygen atoms in total. The van der Waals surface area contributed by atoms with Crippen molar-refractivity contribution >= 4 is 45.0 Å². The highest BCUT2D eigenvalue weighted by Crippen LogP contribution is 2.33. The second-order valence-corrected chi connectivity index (χ2v) is 5.85. The quantitative estimate of drug-likeness (QED) is 0.847. The Bertz CT molecular complexity index is 739. The summed E-state index contributed by atoms with van der Waals surface area (Å²) in [6.07, 6.45) is 1.24. The summed E-state index contributed by atoms with van der Waals surface area (Å²) in [5.74, 6) is -1.19. The monoisotopic (exact) mass is 305 g/mol. The van der Waals surface area contributed by atoms with Crippen LogP contribution in [0.2, 0.25) is 0 Å². The smallest absolute Gasteiger partial charge is 0.347 e. The van der Waals surface area contributed by atoms with Crippen LogP contribution in [0.25, 0.3) is 0 Å². The lowest BCUT2D eigenvalue weighted by molar-refractivity contribution is 0.0701. The van der Waals surface area contributed by atoms with Crippen molar-refractivity contribution in [3.05, 3.63) is 40.9 Å². The molecule has 0 radical (unpaired) electrons. The predicted molar refractivity (Wildman–Crippen MR) is 76.8 cm³/mol. The van der Waals surface area contributed by atoms with E-state index in [0.717, 1.165) is 16.2 Å². The number of carbonyl (C=O) groups excluding carboxylic acids is 1. The molecule has 1 aromatic heterocycles. The highest BCUT2D eigenvalue weighted by atomic mass is 32.2. The molecule has 1 aliphatic rings. The van der Waals surface area contributed by atoms with Crippen molar-refractivity contribution in [1.29, 1.82) is 0 Å². The first-order valence-corrected chi connectivity index (χ1v) is 7.13. The first-order chi connectivity index (χ1) is 9.65. The van der Waals surface area contributed by atoms with Gasteiger partial charge >= 0.3 is 5.97 Å². The predicted octanol–water partition coefficient (Wildman–Crippen LogP) is 2.56. The Hall–Kier alpha value is -2.19. The number of aromatic nitrogens is 1. The lowest BCUT2D eigenvalue weighted by Gasteiger charge is -1.94. The van der Waals surface area contributed by atoms with Crippen molar-refractivity contribution in [1.82, 2.24) is 4.98 Å². The van der Waals surface area contributed by atoms with Crippen LogP contribution in [0.3, 0.4) is 0 Å². The highest BCUT2D eigenvalue weighted by molar-refractivity contribution is 8.16. The molecule has 0 spiro atoms. The lowest BCUT2D eigenvalue weighted by atomic mass is 10.1. The Morgan fingerprint density at radius 1 is 1.35 bits per heavy atom. The van der Waals surface area contributed by atoms with Gasteiger partial charge in [0.25, 0.3) is 0 Å². The van der Waals surface area contributed by atoms with E-state index in [2.05, 4.69) is 15.5 Å². The Balaban J connectivity index is 1.78. The molecule has 1 aromatic carbocycles. The van der Waals surface area contributed by atoms with Crippen LogP contribution in [0.15, 0.2) is 40.5 Å². The van der Waals surface area contributed by atoms with Gasteiger partial charge in [0.2, 0.25) is 10.9 Å². The zero-order chi connectivity index (χ0) is 14.1. The molecule has 0 bridgehead atoms. The van der Waals surface area contributed by atoms with Gasteiger partial charge in [-0.1, -0.05) is 35.2 Å². The Morgan fingerprint density at radius 3 is 2.85 bits per heavy atom. The first-order valence-electron chi connectivity index (χ1n) is 5.49. The molecule has 0 aliphatic carbocycles. The van der Waals surface area contributed by atoms with Gasteiger partial charge in [0.05, 0.1) is 6.20 Å². The molecule has 0 saturated carbocycles. The van der Waals surface area contributed by atoms with Crippen LogP contribution in [0, 0.1) is 0 Å². The Labute approximate surface area is 121 Å². The molecule has 20 heavy (non-hydrogen) atoms. The zero-order valence-electron chi connectivity index (χ0n) is 9.86. The van der Waals surface area contributed by atoms with Crippen LogP contribution in [-0.2, 0) is 0 Å². The first kappa shape index (κ1) is 12.8. The van der Waals surface area contributed by atoms with E-state index < -0.39 is 5.97 Å². The van der Waals surface area contributed by atoms with Gasteiger partial charge in [0.15, 0.2) is 5.04 Å². The maximum absolute atomic E-state index is 12.0. The van der Waals surface area contributed by atoms with Gasteiger partial charge in [-0.05, 0) is 12.1 Å². The van der Waals surface area contributed by atoms with E-state index in [9.17, 15) is 9.59 Å². The largest absolute Gasteiger partial charge is 0.477 e. The van der Waals surface area contributed by atoms with Gasteiger partial charge in [0, 0.05) is 10.5 Å². The second kappa shape index (κ2) is 5.06. The third-order valence-electron chi connectivity index (χ3n) is 2.50. The number of aromatic carboxylic acids is 1. The van der Waals surface area contributed by atoms with E-state index in [0.29, 0.717) is 15.7 Å². The third kappa shape index (κ3) is 2.30. The van der Waals surface area contributed by atoms with Gasteiger partial charge < -0.3 is 5.11 Å². The highest BCUT2D eigenvalue weighted by Gasteiger charge is 2.27. The minimum absolute atomic E-state index is 0.112. The third-order valence-corrected chi connectivity index (χ3v) is 4.44. The number of fused-ring (bicyclic) bond motifs is 1. The van der Waals surface area contributed by atoms with Crippen molar-refractivity contribution in [2.45, 2.75) is 4.90 Å². The average molecular weight is 305 g/mol. The van der Waals surface area contributed by atoms with Gasteiger partial charge in [-0.3, -0.25) is 10.2 Å². The normalized spacial score (nSPS) is 15.4. The summed E-state index contributed by atoms with van der Waals surface area (Å²) in [6.45, 7) is 0. The fourth-order valence-electron chi connectivity index (χ4n) is 1.61. The molecule has 0 amide bonds. The van der Waals surface area contributed by atoms with Crippen molar-refractivity contribution in [3.8, 4) is 0 Å². The molecular weight excluding hydrogens is 298 g/mol. The van der Waals surface area contributed by atoms with E-state index >= 15 is 0 Å². The Kier molecular flexibility index (Phi) is 3.25.